The molecule has 0 radical (unpaired) electrons. The predicted octanol–water partition coefficient (Wildman–Crippen LogP) is 3.83. The van der Waals surface area contributed by atoms with Crippen molar-refractivity contribution in [3.63, 3.8) is 0 Å². The summed E-state index contributed by atoms with van der Waals surface area (Å²) in [5.41, 5.74) is 1.08. The van der Waals surface area contributed by atoms with Crippen molar-refractivity contribution < 1.29 is 13.9 Å². The molecular formula is C17H26FNO2. The lowest BCUT2D eigenvalue weighted by Gasteiger charge is -2.21. The van der Waals surface area contributed by atoms with Crippen molar-refractivity contribution in [3.05, 3.63) is 29.6 Å². The first-order valence-electron chi connectivity index (χ1n) is 7.93. The predicted molar refractivity (Wildman–Crippen MR) is 82.2 cm³/mol. The van der Waals surface area contributed by atoms with Gasteiger partial charge < -0.3 is 14.8 Å². The Bertz CT molecular complexity index is 433. The summed E-state index contributed by atoms with van der Waals surface area (Å²) in [5, 5.41) is 3.55. The molecule has 1 fully saturated rings. The molecule has 1 N–H and O–H groups in total. The number of halogens is 1. The number of hydrogen-bond acceptors (Lipinski definition) is 3. The van der Waals surface area contributed by atoms with E-state index in [1.807, 2.05) is 6.07 Å². The second-order valence-corrected chi connectivity index (χ2v) is 5.61. The van der Waals surface area contributed by atoms with Gasteiger partial charge >= 0.3 is 0 Å². The molecule has 1 aliphatic rings. The topological polar surface area (TPSA) is 30.5 Å². The van der Waals surface area contributed by atoms with Crippen LogP contribution in [0.2, 0.25) is 0 Å². The summed E-state index contributed by atoms with van der Waals surface area (Å²) >= 11 is 0. The van der Waals surface area contributed by atoms with Crippen molar-refractivity contribution in [1.29, 1.82) is 0 Å². The highest BCUT2D eigenvalue weighted by Crippen LogP contribution is 2.27. The third-order valence-corrected chi connectivity index (χ3v) is 4.02. The standard InChI is InChI=1S/C17H26FNO2/c1-3-10-19-16(9-7-14-5-4-11-21-14)13-6-8-15(18)17(12-13)20-2/h6,8,12,14,16,19H,3-5,7,9-11H2,1-2H3. The normalized spacial score (nSPS) is 19.7. The summed E-state index contributed by atoms with van der Waals surface area (Å²) in [4.78, 5) is 0. The molecule has 1 aromatic rings. The Balaban J connectivity index is 2.02. The van der Waals surface area contributed by atoms with E-state index in [1.54, 1.807) is 6.07 Å². The summed E-state index contributed by atoms with van der Waals surface area (Å²) < 4.78 is 24.3. The van der Waals surface area contributed by atoms with E-state index in [1.165, 1.54) is 19.6 Å². The van der Waals surface area contributed by atoms with Gasteiger partial charge in [0.15, 0.2) is 11.6 Å². The van der Waals surface area contributed by atoms with E-state index >= 15 is 0 Å². The van der Waals surface area contributed by atoms with Crippen LogP contribution in [0.3, 0.4) is 0 Å². The van der Waals surface area contributed by atoms with Crippen molar-refractivity contribution in [1.82, 2.24) is 5.32 Å². The number of nitrogens with one attached hydrogen (secondary N) is 1. The molecule has 1 aromatic carbocycles. The average molecular weight is 295 g/mol. The van der Waals surface area contributed by atoms with Gasteiger partial charge in [-0.1, -0.05) is 13.0 Å². The fourth-order valence-electron chi connectivity index (χ4n) is 2.82. The molecule has 2 unspecified atom stereocenters. The Morgan fingerprint density at radius 2 is 2.33 bits per heavy atom. The fourth-order valence-corrected chi connectivity index (χ4v) is 2.82. The quantitative estimate of drug-likeness (QED) is 0.790. The van der Waals surface area contributed by atoms with E-state index in [0.29, 0.717) is 11.9 Å². The highest BCUT2D eigenvalue weighted by atomic mass is 19.1. The highest BCUT2D eigenvalue weighted by Gasteiger charge is 2.19. The molecule has 0 aromatic heterocycles. The Morgan fingerprint density at radius 3 is 3.00 bits per heavy atom. The molecule has 0 saturated carbocycles. The summed E-state index contributed by atoms with van der Waals surface area (Å²) in [5.74, 6) is 0.00235. The van der Waals surface area contributed by atoms with E-state index in [9.17, 15) is 4.39 Å². The minimum Gasteiger partial charge on any atom is -0.494 e. The van der Waals surface area contributed by atoms with Crippen LogP contribution in [0.4, 0.5) is 4.39 Å². The lowest BCUT2D eigenvalue weighted by atomic mass is 9.98. The maximum atomic E-state index is 13.6. The zero-order chi connectivity index (χ0) is 15.1. The number of hydrogen-bond donors (Lipinski definition) is 1. The third kappa shape index (κ3) is 4.68. The fraction of sp³-hybridized carbons (Fsp3) is 0.647. The van der Waals surface area contributed by atoms with Gasteiger partial charge in [0.25, 0.3) is 0 Å². The minimum absolute atomic E-state index is 0.226. The molecule has 3 nitrogen and oxygen atoms in total. The molecule has 118 valence electrons. The largest absolute Gasteiger partial charge is 0.494 e. The first kappa shape index (κ1) is 16.2. The third-order valence-electron chi connectivity index (χ3n) is 4.02. The highest BCUT2D eigenvalue weighted by molar-refractivity contribution is 5.32. The smallest absolute Gasteiger partial charge is 0.165 e. The Morgan fingerprint density at radius 1 is 1.48 bits per heavy atom. The summed E-state index contributed by atoms with van der Waals surface area (Å²) in [7, 11) is 1.50. The molecule has 1 heterocycles. The minimum atomic E-state index is -0.311. The van der Waals surface area contributed by atoms with Gasteiger partial charge in [-0.05, 0) is 56.3 Å². The number of rotatable bonds is 8. The van der Waals surface area contributed by atoms with Gasteiger partial charge in [0, 0.05) is 12.6 Å². The molecule has 1 saturated heterocycles. The molecule has 0 spiro atoms. The molecule has 1 aliphatic heterocycles. The second kappa shape index (κ2) is 8.35. The lowest BCUT2D eigenvalue weighted by molar-refractivity contribution is 0.0996. The van der Waals surface area contributed by atoms with Crippen molar-refractivity contribution in [2.24, 2.45) is 0 Å². The zero-order valence-electron chi connectivity index (χ0n) is 13.0. The van der Waals surface area contributed by atoms with Crippen molar-refractivity contribution >= 4 is 0 Å². The zero-order valence-corrected chi connectivity index (χ0v) is 13.0. The van der Waals surface area contributed by atoms with Crippen LogP contribution < -0.4 is 10.1 Å². The van der Waals surface area contributed by atoms with Gasteiger partial charge in [-0.3, -0.25) is 0 Å². The number of benzene rings is 1. The van der Waals surface area contributed by atoms with E-state index in [2.05, 4.69) is 12.2 Å². The van der Waals surface area contributed by atoms with Gasteiger partial charge in [0.2, 0.25) is 0 Å². The summed E-state index contributed by atoms with van der Waals surface area (Å²) in [6.45, 7) is 3.99. The number of methoxy groups -OCH3 is 1. The van der Waals surface area contributed by atoms with Crippen LogP contribution in [-0.4, -0.2) is 26.4 Å². The van der Waals surface area contributed by atoms with Gasteiger partial charge in [-0.15, -0.1) is 0 Å². The van der Waals surface area contributed by atoms with Crippen molar-refractivity contribution in [3.8, 4) is 5.75 Å². The van der Waals surface area contributed by atoms with E-state index in [0.717, 1.165) is 44.4 Å². The first-order valence-corrected chi connectivity index (χ1v) is 7.93. The van der Waals surface area contributed by atoms with Crippen LogP contribution in [-0.2, 0) is 4.74 Å². The monoisotopic (exact) mass is 295 g/mol. The van der Waals surface area contributed by atoms with Gasteiger partial charge in [0.05, 0.1) is 13.2 Å². The Labute approximate surface area is 126 Å². The van der Waals surface area contributed by atoms with E-state index < -0.39 is 0 Å². The van der Waals surface area contributed by atoms with Crippen molar-refractivity contribution in [2.45, 2.75) is 51.2 Å². The second-order valence-electron chi connectivity index (χ2n) is 5.61. The molecule has 0 bridgehead atoms. The maximum absolute atomic E-state index is 13.6. The van der Waals surface area contributed by atoms with Gasteiger partial charge in [0.1, 0.15) is 0 Å². The van der Waals surface area contributed by atoms with Crippen LogP contribution in [0.1, 0.15) is 50.6 Å². The van der Waals surface area contributed by atoms with E-state index in [4.69, 9.17) is 9.47 Å². The van der Waals surface area contributed by atoms with Crippen LogP contribution in [0, 0.1) is 5.82 Å². The Hall–Kier alpha value is -1.13. The molecule has 4 heteroatoms. The molecule has 0 amide bonds. The van der Waals surface area contributed by atoms with Crippen LogP contribution in [0.15, 0.2) is 18.2 Å². The molecule has 0 aliphatic carbocycles. The Kier molecular flexibility index (Phi) is 6.46. The maximum Gasteiger partial charge on any atom is 0.165 e. The number of ether oxygens (including phenoxy) is 2. The van der Waals surface area contributed by atoms with Crippen LogP contribution >= 0.6 is 0 Å². The molecule has 2 atom stereocenters. The molecule has 2 rings (SSSR count). The van der Waals surface area contributed by atoms with Gasteiger partial charge in [-0.2, -0.15) is 0 Å². The summed E-state index contributed by atoms with van der Waals surface area (Å²) in [6.07, 6.45) is 5.84. The molecular weight excluding hydrogens is 269 g/mol. The first-order chi connectivity index (χ1) is 10.2. The van der Waals surface area contributed by atoms with Gasteiger partial charge in [-0.25, -0.2) is 4.39 Å². The van der Waals surface area contributed by atoms with E-state index in [-0.39, 0.29) is 11.9 Å². The van der Waals surface area contributed by atoms with Crippen molar-refractivity contribution in [2.75, 3.05) is 20.3 Å². The van der Waals surface area contributed by atoms with Crippen LogP contribution in [0.25, 0.3) is 0 Å². The SMILES string of the molecule is CCCNC(CCC1CCCO1)c1ccc(F)c(OC)c1. The summed E-state index contributed by atoms with van der Waals surface area (Å²) in [6, 6.07) is 5.36. The van der Waals surface area contributed by atoms with Crippen LogP contribution in [0.5, 0.6) is 5.75 Å². The molecule has 21 heavy (non-hydrogen) atoms. The lowest BCUT2D eigenvalue weighted by Crippen LogP contribution is -2.23. The average Bonchev–Trinajstić information content (AvgIpc) is 3.01.